The van der Waals surface area contributed by atoms with Gasteiger partial charge in [0.2, 0.25) is 0 Å². The van der Waals surface area contributed by atoms with Gasteiger partial charge in [0, 0.05) is 0 Å². The minimum absolute atomic E-state index is 0. The van der Waals surface area contributed by atoms with Gasteiger partial charge in [0.25, 0.3) is 21.0 Å². The number of halogens is 4. The number of hydrogen-bond acceptors (Lipinski definition) is 9. The molecule has 19 heteroatoms. The Labute approximate surface area is 195 Å². The second-order valence-electron chi connectivity index (χ2n) is 1.82. The molecule has 0 radical (unpaired) electrons. The van der Waals surface area contributed by atoms with E-state index in [9.17, 15) is 16.6 Å². The monoisotopic (exact) mass is 422 g/mol. The second-order valence-corrected chi connectivity index (χ2v) is 3.39. The number of carbonyl (C=O) groups is 2. The van der Waals surface area contributed by atoms with Crippen LogP contribution in [0.3, 0.4) is 0 Å². The van der Waals surface area contributed by atoms with Crippen LogP contribution in [-0.4, -0.2) is 56.3 Å². The number of carbonyl (C=O) groups excluding carboxylic acids is 1. The van der Waals surface area contributed by atoms with Crippen molar-refractivity contribution in [1.29, 1.82) is 0 Å². The van der Waals surface area contributed by atoms with Crippen LogP contribution in [0.4, 0.5) is 16.6 Å². The van der Waals surface area contributed by atoms with Crippen molar-refractivity contribution >= 4 is 32.9 Å². The second kappa shape index (κ2) is 25.7. The van der Waals surface area contributed by atoms with Crippen LogP contribution in [0.15, 0.2) is 0 Å². The van der Waals surface area contributed by atoms with Crippen molar-refractivity contribution in [3.05, 3.63) is 0 Å². The summed E-state index contributed by atoms with van der Waals surface area (Å²) < 4.78 is 91.6. The van der Waals surface area contributed by atoms with E-state index in [1.807, 2.05) is 0 Å². The predicted molar refractivity (Wildman–Crippen MR) is 46.2 cm³/mol. The molecule has 0 spiro atoms. The van der Waals surface area contributed by atoms with E-state index in [0.717, 1.165) is 0 Å². The van der Waals surface area contributed by atoms with Gasteiger partial charge in [-0.25, -0.2) is 30.4 Å². The SMILES string of the molecule is O=C(O)CF.O=C([O-])CF.O=S(=O)([O-])F.O=S(=O)([O-])F.[Na+].[Na+].[Na+]. The Hall–Kier alpha value is 1.48. The van der Waals surface area contributed by atoms with Crippen molar-refractivity contribution in [1.82, 2.24) is 0 Å². The van der Waals surface area contributed by atoms with E-state index in [0.29, 0.717) is 0 Å². The largest absolute Gasteiger partial charge is 1.00 e. The van der Waals surface area contributed by atoms with Crippen LogP contribution in [0, 0.1) is 0 Å². The van der Waals surface area contributed by atoms with Crippen LogP contribution in [-0.2, 0) is 30.6 Å². The van der Waals surface area contributed by atoms with E-state index in [2.05, 4.69) is 0 Å². The van der Waals surface area contributed by atoms with Crippen LogP contribution in [0.5, 0.6) is 0 Å². The molecule has 124 valence electrons. The quantitative estimate of drug-likeness (QED) is 0.193. The Morgan fingerprint density at radius 2 is 0.913 bits per heavy atom. The number of alkyl halides is 2. The molecule has 23 heavy (non-hydrogen) atoms. The summed E-state index contributed by atoms with van der Waals surface area (Å²) in [5.41, 5.74) is 0. The van der Waals surface area contributed by atoms with E-state index < -0.39 is 46.3 Å². The molecular weight excluding hydrogens is 417 g/mol. The summed E-state index contributed by atoms with van der Waals surface area (Å²) in [5.74, 6) is -3.07. The molecule has 1 N–H and O–H groups in total. The smallest absolute Gasteiger partial charge is 0.722 e. The van der Waals surface area contributed by atoms with Gasteiger partial charge < -0.3 is 24.1 Å². The average Bonchev–Trinajstić information content (AvgIpc) is 2.13. The third-order valence-electron chi connectivity index (χ3n) is 0.223. The molecule has 0 aromatic heterocycles. The van der Waals surface area contributed by atoms with Crippen molar-refractivity contribution in [2.75, 3.05) is 13.3 Å². The first kappa shape index (κ1) is 44.2. The number of carboxylic acids is 2. The van der Waals surface area contributed by atoms with Crippen LogP contribution < -0.4 is 93.8 Å². The summed E-state index contributed by atoms with van der Waals surface area (Å²) in [6, 6.07) is 0. The summed E-state index contributed by atoms with van der Waals surface area (Å²) in [6.07, 6.45) is 0. The third kappa shape index (κ3) is 361. The summed E-state index contributed by atoms with van der Waals surface area (Å²) in [7, 11) is -10.8. The normalized spacial score (nSPS) is 8.26. The van der Waals surface area contributed by atoms with Gasteiger partial charge in [0.1, 0.15) is 6.67 Å². The summed E-state index contributed by atoms with van der Waals surface area (Å²) >= 11 is 0. The van der Waals surface area contributed by atoms with E-state index >= 15 is 0 Å². The van der Waals surface area contributed by atoms with Gasteiger partial charge in [-0.05, 0) is 0 Å². The molecule has 10 nitrogen and oxygen atoms in total. The Balaban J connectivity index is -0.0000000284. The van der Waals surface area contributed by atoms with E-state index in [1.165, 1.54) is 0 Å². The van der Waals surface area contributed by atoms with E-state index in [1.54, 1.807) is 0 Å². The molecule has 0 aromatic rings. The Kier molecular flexibility index (Phi) is 49.4. The molecule has 0 unspecified atom stereocenters. The first-order chi connectivity index (χ1) is 8.54. The molecular formula is C4H5F4Na3O10S2. The molecule has 0 fully saturated rings. The van der Waals surface area contributed by atoms with E-state index in [4.69, 9.17) is 45.7 Å². The third-order valence-corrected chi connectivity index (χ3v) is 0.223. The first-order valence-corrected chi connectivity index (χ1v) is 6.00. The van der Waals surface area contributed by atoms with Crippen molar-refractivity contribution in [3.8, 4) is 0 Å². The van der Waals surface area contributed by atoms with Gasteiger partial charge in [-0.1, -0.05) is 0 Å². The Bertz CT molecular complexity index is 408. The summed E-state index contributed by atoms with van der Waals surface area (Å²) in [4.78, 5) is 17.9. The Morgan fingerprint density at radius 3 is 0.913 bits per heavy atom. The molecule has 0 atom stereocenters. The van der Waals surface area contributed by atoms with Gasteiger partial charge in [-0.3, -0.25) is 0 Å². The van der Waals surface area contributed by atoms with Crippen molar-refractivity contribution in [2.24, 2.45) is 0 Å². The number of rotatable bonds is 2. The maximum absolute atomic E-state index is 10.5. The zero-order valence-electron chi connectivity index (χ0n) is 11.9. The van der Waals surface area contributed by atoms with Gasteiger partial charge in [0.05, 0.1) is 5.97 Å². The fraction of sp³-hybridized carbons (Fsp3) is 0.500. The van der Waals surface area contributed by atoms with Gasteiger partial charge >= 0.3 is 94.6 Å². The van der Waals surface area contributed by atoms with Crippen LogP contribution >= 0.6 is 0 Å². The molecule has 0 amide bonds. The molecule has 0 aliphatic rings. The first-order valence-electron chi connectivity index (χ1n) is 3.39. The van der Waals surface area contributed by atoms with Crippen molar-refractivity contribution in [3.63, 3.8) is 0 Å². The number of aliphatic carboxylic acids is 2. The van der Waals surface area contributed by atoms with E-state index in [-0.39, 0.29) is 88.7 Å². The number of hydrogen-bond donors (Lipinski definition) is 1. The zero-order valence-corrected chi connectivity index (χ0v) is 19.5. The molecule has 0 bridgehead atoms. The van der Waals surface area contributed by atoms with Crippen LogP contribution in [0.25, 0.3) is 0 Å². The average molecular weight is 422 g/mol. The van der Waals surface area contributed by atoms with Gasteiger partial charge in [-0.15, -0.1) is 7.77 Å². The number of carboxylic acid groups (broad SMARTS) is 2. The molecule has 0 aromatic carbocycles. The van der Waals surface area contributed by atoms with Crippen LogP contribution in [0.2, 0.25) is 0 Å². The van der Waals surface area contributed by atoms with Gasteiger partial charge in [0.15, 0.2) is 6.67 Å². The Morgan fingerprint density at radius 1 is 0.826 bits per heavy atom. The zero-order chi connectivity index (χ0) is 17.6. The molecule has 0 aliphatic heterocycles. The minimum Gasteiger partial charge on any atom is -0.722 e. The molecule has 0 heterocycles. The molecule has 0 rings (SSSR count). The fourth-order valence-electron chi connectivity index (χ4n) is 0. The minimum atomic E-state index is -5.42. The molecule has 0 saturated heterocycles. The van der Waals surface area contributed by atoms with Crippen molar-refractivity contribution < 1.29 is 151 Å². The summed E-state index contributed by atoms with van der Waals surface area (Å²) in [6.45, 7) is -2.67. The fourth-order valence-corrected chi connectivity index (χ4v) is 0. The van der Waals surface area contributed by atoms with Crippen LogP contribution in [0.1, 0.15) is 0 Å². The summed E-state index contributed by atoms with van der Waals surface area (Å²) in [5, 5.41) is 16.2. The van der Waals surface area contributed by atoms with Crippen molar-refractivity contribution in [2.45, 2.75) is 0 Å². The standard InChI is InChI=1S/2C2H3FO2.2FHO3S.3Na/c2*3-1-2(4)5;2*1-5(2,3)4;;;/h2*1H2,(H,4,5);2*(H,2,3,4);;;/q;;;;3*+1/p-3. The molecule has 0 aliphatic carbocycles. The molecule has 0 saturated carbocycles. The predicted octanol–water partition coefficient (Wildman–Crippen LogP) is -11.4. The van der Waals surface area contributed by atoms with Gasteiger partial charge in [-0.2, -0.15) is 0 Å². The topological polar surface area (TPSA) is 192 Å². The maximum atomic E-state index is 10.5. The maximum Gasteiger partial charge on any atom is 1.00 e.